The number of nitrogens with zero attached hydrogens (tertiary/aromatic N) is 1. The van der Waals surface area contributed by atoms with E-state index in [4.69, 9.17) is 18.9 Å². The Morgan fingerprint density at radius 2 is 1.48 bits per heavy atom. The number of carbonyl (C=O) groups is 1. The topological polar surface area (TPSA) is 57.2 Å². The molecule has 1 amide bonds. The van der Waals surface area contributed by atoms with Gasteiger partial charge in [-0.25, -0.2) is 0 Å². The monoisotopic (exact) mass is 399 g/mol. The van der Waals surface area contributed by atoms with Crippen LogP contribution in [0.1, 0.15) is 41.4 Å². The van der Waals surface area contributed by atoms with Gasteiger partial charge in [-0.3, -0.25) is 4.79 Å². The van der Waals surface area contributed by atoms with Gasteiger partial charge in [0.05, 0.1) is 34.5 Å². The number of methoxy groups -OCH3 is 4. The van der Waals surface area contributed by atoms with E-state index in [0.29, 0.717) is 35.1 Å². The second-order valence-corrected chi connectivity index (χ2v) is 7.44. The van der Waals surface area contributed by atoms with Crippen LogP contribution in [0.25, 0.3) is 0 Å². The van der Waals surface area contributed by atoms with Gasteiger partial charge in [-0.2, -0.15) is 0 Å². The molecule has 2 aromatic rings. The molecular weight excluding hydrogens is 370 g/mol. The van der Waals surface area contributed by atoms with Crippen molar-refractivity contribution in [1.29, 1.82) is 0 Å². The van der Waals surface area contributed by atoms with Crippen LogP contribution in [0.2, 0.25) is 0 Å². The van der Waals surface area contributed by atoms with E-state index in [1.54, 1.807) is 46.6 Å². The molecule has 0 saturated carbocycles. The summed E-state index contributed by atoms with van der Waals surface area (Å²) in [6.07, 6.45) is 0.756. The molecule has 0 saturated heterocycles. The predicted molar refractivity (Wildman–Crippen MR) is 111 cm³/mol. The highest BCUT2D eigenvalue weighted by Crippen LogP contribution is 2.41. The van der Waals surface area contributed by atoms with Crippen molar-refractivity contribution >= 4 is 5.91 Å². The van der Waals surface area contributed by atoms with Gasteiger partial charge in [-0.1, -0.05) is 13.8 Å². The molecule has 1 atom stereocenters. The lowest BCUT2D eigenvalue weighted by molar-refractivity contribution is 0.0602. The van der Waals surface area contributed by atoms with Crippen molar-refractivity contribution in [3.63, 3.8) is 0 Å². The molecule has 0 aliphatic carbocycles. The second kappa shape index (κ2) is 8.64. The van der Waals surface area contributed by atoms with Crippen molar-refractivity contribution in [2.24, 2.45) is 5.92 Å². The van der Waals surface area contributed by atoms with E-state index in [1.165, 1.54) is 5.56 Å². The lowest BCUT2D eigenvalue weighted by Gasteiger charge is -2.40. The third-order valence-electron chi connectivity index (χ3n) is 5.41. The maximum absolute atomic E-state index is 13.5. The van der Waals surface area contributed by atoms with Crippen LogP contribution in [0.5, 0.6) is 23.0 Å². The summed E-state index contributed by atoms with van der Waals surface area (Å²) < 4.78 is 21.6. The van der Waals surface area contributed by atoms with Crippen LogP contribution in [0, 0.1) is 5.92 Å². The standard InChI is InChI=1S/C23H29NO5/c1-14(2)22-19-13-21(29-6)20(28-5)11-15(19)7-8-24(22)23(25)16-9-17(26-3)12-18(10-16)27-4/h9-14,22H,7-8H2,1-6H3. The molecule has 1 aliphatic rings. The minimum absolute atomic E-state index is 0.0404. The quantitative estimate of drug-likeness (QED) is 0.731. The van der Waals surface area contributed by atoms with Gasteiger partial charge >= 0.3 is 0 Å². The van der Waals surface area contributed by atoms with Gasteiger partial charge in [0.15, 0.2) is 11.5 Å². The molecule has 1 heterocycles. The number of carbonyl (C=O) groups excluding carboxylic acids is 1. The number of hydrogen-bond donors (Lipinski definition) is 0. The lowest BCUT2D eigenvalue weighted by Crippen LogP contribution is -2.42. The smallest absolute Gasteiger partial charge is 0.254 e. The number of hydrogen-bond acceptors (Lipinski definition) is 5. The van der Waals surface area contributed by atoms with E-state index in [2.05, 4.69) is 13.8 Å². The number of benzene rings is 2. The molecule has 0 N–H and O–H groups in total. The first-order chi connectivity index (χ1) is 13.9. The zero-order valence-corrected chi connectivity index (χ0v) is 17.9. The van der Waals surface area contributed by atoms with E-state index >= 15 is 0 Å². The van der Waals surface area contributed by atoms with Crippen LogP contribution >= 0.6 is 0 Å². The normalized spacial score (nSPS) is 15.7. The molecule has 6 nitrogen and oxygen atoms in total. The molecular formula is C23H29NO5. The molecule has 2 aromatic carbocycles. The fourth-order valence-electron chi connectivity index (χ4n) is 4.02. The van der Waals surface area contributed by atoms with Crippen molar-refractivity contribution < 1.29 is 23.7 Å². The van der Waals surface area contributed by atoms with E-state index in [0.717, 1.165) is 12.0 Å². The Morgan fingerprint density at radius 1 is 0.897 bits per heavy atom. The molecule has 0 spiro atoms. The molecule has 29 heavy (non-hydrogen) atoms. The number of amides is 1. The molecule has 0 radical (unpaired) electrons. The largest absolute Gasteiger partial charge is 0.497 e. The lowest BCUT2D eigenvalue weighted by atomic mass is 9.85. The first-order valence-corrected chi connectivity index (χ1v) is 9.72. The maximum atomic E-state index is 13.5. The third-order valence-corrected chi connectivity index (χ3v) is 5.41. The summed E-state index contributed by atoms with van der Waals surface area (Å²) in [4.78, 5) is 15.4. The number of rotatable bonds is 6. The fraction of sp³-hybridized carbons (Fsp3) is 0.435. The minimum Gasteiger partial charge on any atom is -0.497 e. The average molecular weight is 399 g/mol. The molecule has 1 unspecified atom stereocenters. The highest BCUT2D eigenvalue weighted by Gasteiger charge is 2.34. The van der Waals surface area contributed by atoms with E-state index in [9.17, 15) is 4.79 Å². The van der Waals surface area contributed by atoms with E-state index in [1.807, 2.05) is 17.0 Å². The average Bonchev–Trinajstić information content (AvgIpc) is 2.75. The van der Waals surface area contributed by atoms with E-state index < -0.39 is 0 Å². The Kier molecular flexibility index (Phi) is 6.20. The van der Waals surface area contributed by atoms with Crippen molar-refractivity contribution in [2.45, 2.75) is 26.3 Å². The van der Waals surface area contributed by atoms with Gasteiger partial charge < -0.3 is 23.8 Å². The van der Waals surface area contributed by atoms with Crippen LogP contribution < -0.4 is 18.9 Å². The van der Waals surface area contributed by atoms with Crippen LogP contribution in [-0.4, -0.2) is 45.8 Å². The summed E-state index contributed by atoms with van der Waals surface area (Å²) in [7, 11) is 6.43. The van der Waals surface area contributed by atoms with Crippen molar-refractivity contribution in [2.75, 3.05) is 35.0 Å². The van der Waals surface area contributed by atoms with Crippen LogP contribution in [0.4, 0.5) is 0 Å². The van der Waals surface area contributed by atoms with Gasteiger partial charge in [-0.15, -0.1) is 0 Å². The van der Waals surface area contributed by atoms with Crippen molar-refractivity contribution in [1.82, 2.24) is 4.90 Å². The van der Waals surface area contributed by atoms with Gasteiger partial charge in [0.2, 0.25) is 0 Å². The summed E-state index contributed by atoms with van der Waals surface area (Å²) in [6.45, 7) is 4.88. The Morgan fingerprint density at radius 3 is 2.00 bits per heavy atom. The Hall–Kier alpha value is -2.89. The second-order valence-electron chi connectivity index (χ2n) is 7.44. The first kappa shape index (κ1) is 20.8. The fourth-order valence-corrected chi connectivity index (χ4v) is 4.02. The van der Waals surface area contributed by atoms with Crippen LogP contribution in [-0.2, 0) is 6.42 Å². The molecule has 6 heteroatoms. The van der Waals surface area contributed by atoms with Gasteiger partial charge in [0.25, 0.3) is 5.91 Å². The van der Waals surface area contributed by atoms with Crippen molar-refractivity contribution in [3.8, 4) is 23.0 Å². The highest BCUT2D eigenvalue weighted by molar-refractivity contribution is 5.95. The third kappa shape index (κ3) is 3.97. The number of ether oxygens (including phenoxy) is 4. The minimum atomic E-state index is -0.0664. The molecule has 1 aliphatic heterocycles. The highest BCUT2D eigenvalue weighted by atomic mass is 16.5. The summed E-state index contributed by atoms with van der Waals surface area (Å²) in [5.74, 6) is 2.76. The Labute approximate surface area is 172 Å². The zero-order chi connectivity index (χ0) is 21.1. The molecule has 156 valence electrons. The Balaban J connectivity index is 2.04. The van der Waals surface area contributed by atoms with Gasteiger partial charge in [0, 0.05) is 18.2 Å². The predicted octanol–water partition coefficient (Wildman–Crippen LogP) is 4.12. The summed E-state index contributed by atoms with van der Waals surface area (Å²) in [5, 5.41) is 0. The molecule has 0 aromatic heterocycles. The summed E-state index contributed by atoms with van der Waals surface area (Å²) in [5.41, 5.74) is 2.84. The summed E-state index contributed by atoms with van der Waals surface area (Å²) in [6, 6.07) is 9.24. The molecule has 3 rings (SSSR count). The van der Waals surface area contributed by atoms with Gasteiger partial charge in [0.1, 0.15) is 11.5 Å². The zero-order valence-electron chi connectivity index (χ0n) is 17.9. The number of fused-ring (bicyclic) bond motifs is 1. The van der Waals surface area contributed by atoms with Crippen LogP contribution in [0.3, 0.4) is 0 Å². The molecule has 0 fully saturated rings. The van der Waals surface area contributed by atoms with Crippen LogP contribution in [0.15, 0.2) is 30.3 Å². The molecule has 0 bridgehead atoms. The van der Waals surface area contributed by atoms with Crippen molar-refractivity contribution in [3.05, 3.63) is 47.0 Å². The Bertz CT molecular complexity index is 871. The SMILES string of the molecule is COc1cc(OC)cc(C(=O)N2CCc3cc(OC)c(OC)cc3C2C(C)C)c1. The van der Waals surface area contributed by atoms with E-state index in [-0.39, 0.29) is 17.9 Å². The summed E-state index contributed by atoms with van der Waals surface area (Å²) >= 11 is 0. The first-order valence-electron chi connectivity index (χ1n) is 9.72. The maximum Gasteiger partial charge on any atom is 0.254 e. The van der Waals surface area contributed by atoms with Gasteiger partial charge in [-0.05, 0) is 47.7 Å².